The zero-order chi connectivity index (χ0) is 14.5. The van der Waals surface area contributed by atoms with Crippen LogP contribution in [0.1, 0.15) is 16.1 Å². The fourth-order valence-corrected chi connectivity index (χ4v) is 1.89. The Balaban J connectivity index is 2.47. The summed E-state index contributed by atoms with van der Waals surface area (Å²) in [6, 6.07) is 7.19. The van der Waals surface area contributed by atoms with E-state index in [-0.39, 0.29) is 12.2 Å². The first-order chi connectivity index (χ1) is 9.67. The summed E-state index contributed by atoms with van der Waals surface area (Å²) in [4.78, 5) is 28.3. The van der Waals surface area contributed by atoms with Gasteiger partial charge in [0.05, 0.1) is 12.8 Å². The van der Waals surface area contributed by atoms with E-state index >= 15 is 0 Å². The summed E-state index contributed by atoms with van der Waals surface area (Å²) in [6.07, 6.45) is -0.613. The number of H-pyrrole nitrogens is 1. The fourth-order valence-electron chi connectivity index (χ4n) is 1.89. The molecule has 2 N–H and O–H groups in total. The van der Waals surface area contributed by atoms with Crippen LogP contribution in [-0.2, 0) is 11.3 Å². The van der Waals surface area contributed by atoms with E-state index in [0.29, 0.717) is 11.1 Å². The number of carbonyl (C=O) groups excluding carboxylic acids is 2. The van der Waals surface area contributed by atoms with Crippen molar-refractivity contribution in [2.75, 3.05) is 7.11 Å². The Labute approximate surface area is 113 Å². The second-order valence-corrected chi connectivity index (χ2v) is 3.86. The Morgan fingerprint density at radius 3 is 2.90 bits per heavy atom. The minimum absolute atomic E-state index is 0.0821. The van der Waals surface area contributed by atoms with E-state index in [1.54, 1.807) is 24.3 Å². The third kappa shape index (κ3) is 2.55. The number of benzene rings is 1. The molecule has 1 heterocycles. The van der Waals surface area contributed by atoms with Crippen LogP contribution in [0.5, 0.6) is 0 Å². The number of aromatic nitrogens is 1. The van der Waals surface area contributed by atoms with Crippen molar-refractivity contribution in [3.05, 3.63) is 46.0 Å². The Kier molecular flexibility index (Phi) is 3.88. The normalized spacial score (nSPS) is 9.85. The number of rotatable bonds is 3. The van der Waals surface area contributed by atoms with Crippen LogP contribution >= 0.6 is 0 Å². The maximum Gasteiger partial charge on any atom is 0.407 e. The Bertz CT molecular complexity index is 715. The largest absolute Gasteiger partial charge is 0.453 e. The molecule has 2 rings (SSSR count). The van der Waals surface area contributed by atoms with Gasteiger partial charge < -0.3 is 15.0 Å². The van der Waals surface area contributed by atoms with Crippen LogP contribution < -0.4 is 5.32 Å². The summed E-state index contributed by atoms with van der Waals surface area (Å²) in [6.45, 7) is 0.0821. The molecule has 0 aliphatic heterocycles. The molecule has 0 aliphatic rings. The third-order valence-corrected chi connectivity index (χ3v) is 2.76. The predicted molar refractivity (Wildman–Crippen MR) is 71.0 cm³/mol. The molecule has 8 heteroatoms. The minimum atomic E-state index is -0.731. The summed E-state index contributed by atoms with van der Waals surface area (Å²) < 4.78 is 4.48. The summed E-state index contributed by atoms with van der Waals surface area (Å²) in [5.41, 5.74) is 9.77. The van der Waals surface area contributed by atoms with Crippen molar-refractivity contribution in [2.45, 2.75) is 6.54 Å². The van der Waals surface area contributed by atoms with Crippen LogP contribution in [0.3, 0.4) is 0 Å². The van der Waals surface area contributed by atoms with Crippen molar-refractivity contribution in [3.8, 4) is 0 Å². The van der Waals surface area contributed by atoms with Gasteiger partial charge in [-0.2, -0.15) is 0 Å². The summed E-state index contributed by atoms with van der Waals surface area (Å²) in [5, 5.41) is 6.32. The lowest BCUT2D eigenvalue weighted by Crippen LogP contribution is -2.23. The molecule has 0 atom stereocenters. The van der Waals surface area contributed by atoms with E-state index in [9.17, 15) is 9.59 Å². The smallest absolute Gasteiger partial charge is 0.407 e. The van der Waals surface area contributed by atoms with Gasteiger partial charge in [0.1, 0.15) is 0 Å². The van der Waals surface area contributed by atoms with Crippen LogP contribution in [0.15, 0.2) is 29.4 Å². The molecule has 1 aromatic heterocycles. The van der Waals surface area contributed by atoms with Crippen LogP contribution in [0.4, 0.5) is 4.79 Å². The average molecular weight is 273 g/mol. The first kappa shape index (κ1) is 13.4. The maximum atomic E-state index is 11.8. The third-order valence-electron chi connectivity index (χ3n) is 2.76. The summed E-state index contributed by atoms with van der Waals surface area (Å²) in [7, 11) is 1.25. The zero-order valence-electron chi connectivity index (χ0n) is 10.6. The van der Waals surface area contributed by atoms with E-state index in [2.05, 4.69) is 25.1 Å². The Morgan fingerprint density at radius 2 is 2.20 bits per heavy atom. The van der Waals surface area contributed by atoms with Crippen molar-refractivity contribution in [3.63, 3.8) is 0 Å². The van der Waals surface area contributed by atoms with Crippen LogP contribution in [0, 0.1) is 0 Å². The highest BCUT2D eigenvalue weighted by Gasteiger charge is 2.17. The van der Waals surface area contributed by atoms with Crippen molar-refractivity contribution in [1.29, 1.82) is 0 Å². The number of nitrogens with one attached hydrogen (secondary N) is 2. The highest BCUT2D eigenvalue weighted by atomic mass is 16.5. The predicted octanol–water partition coefficient (Wildman–Crippen LogP) is 2.47. The van der Waals surface area contributed by atoms with E-state index in [1.807, 2.05) is 0 Å². The number of hydrogen-bond acceptors (Lipinski definition) is 3. The number of alkyl carbamates (subject to hydrolysis) is 1. The highest BCUT2D eigenvalue weighted by Crippen LogP contribution is 2.23. The Hall–Kier alpha value is -2.99. The van der Waals surface area contributed by atoms with Crippen LogP contribution in [0.25, 0.3) is 21.3 Å². The van der Waals surface area contributed by atoms with E-state index in [0.717, 1.165) is 5.39 Å². The molecular weight excluding hydrogens is 262 g/mol. The lowest BCUT2D eigenvalue weighted by atomic mass is 10.1. The zero-order valence-corrected chi connectivity index (χ0v) is 10.6. The molecule has 0 unspecified atom stereocenters. The van der Waals surface area contributed by atoms with Gasteiger partial charge in [0.25, 0.3) is 5.91 Å². The number of amides is 2. The molecule has 20 heavy (non-hydrogen) atoms. The van der Waals surface area contributed by atoms with Gasteiger partial charge in [-0.1, -0.05) is 18.2 Å². The van der Waals surface area contributed by atoms with Gasteiger partial charge in [-0.15, -0.1) is 0 Å². The first-order valence-electron chi connectivity index (χ1n) is 5.68. The second-order valence-electron chi connectivity index (χ2n) is 3.86. The van der Waals surface area contributed by atoms with Crippen LogP contribution in [-0.4, -0.2) is 24.1 Å². The fraction of sp³-hybridized carbons (Fsp3) is 0.167. The molecule has 0 bridgehead atoms. The molecule has 8 nitrogen and oxygen atoms in total. The molecular formula is C12H11N5O3. The number of fused-ring (bicyclic) bond motifs is 1. The number of azide groups is 1. The quantitative estimate of drug-likeness (QED) is 0.507. The average Bonchev–Trinajstić information content (AvgIpc) is 2.83. The number of methoxy groups -OCH3 is 1. The van der Waals surface area contributed by atoms with E-state index in [4.69, 9.17) is 5.53 Å². The molecule has 0 saturated heterocycles. The van der Waals surface area contributed by atoms with Gasteiger partial charge in [-0.05, 0) is 16.7 Å². The van der Waals surface area contributed by atoms with Crippen molar-refractivity contribution < 1.29 is 14.3 Å². The minimum Gasteiger partial charge on any atom is -0.453 e. The molecule has 102 valence electrons. The molecule has 0 saturated carbocycles. The summed E-state index contributed by atoms with van der Waals surface area (Å²) in [5.74, 6) is -0.731. The summed E-state index contributed by atoms with van der Waals surface area (Å²) >= 11 is 0. The van der Waals surface area contributed by atoms with Crippen molar-refractivity contribution in [2.24, 2.45) is 5.11 Å². The number of ether oxygens (including phenoxy) is 1. The van der Waals surface area contributed by atoms with Gasteiger partial charge in [-0.25, -0.2) is 4.79 Å². The number of carbonyl (C=O) groups is 2. The standard InChI is InChI=1S/C12H11N5O3/c1-20-12(19)14-6-8-7-4-2-3-5-9(7)15-10(8)11(18)16-17-13/h2-5,15H,6H2,1H3,(H,14,19). The van der Waals surface area contributed by atoms with Crippen molar-refractivity contribution in [1.82, 2.24) is 10.3 Å². The van der Waals surface area contributed by atoms with E-state index < -0.39 is 12.0 Å². The first-order valence-corrected chi connectivity index (χ1v) is 5.68. The van der Waals surface area contributed by atoms with Gasteiger partial charge in [0, 0.05) is 27.9 Å². The monoisotopic (exact) mass is 273 g/mol. The highest BCUT2D eigenvalue weighted by molar-refractivity contribution is 6.01. The lowest BCUT2D eigenvalue weighted by Gasteiger charge is -2.04. The molecule has 0 spiro atoms. The maximum absolute atomic E-state index is 11.8. The SMILES string of the molecule is COC(=O)NCc1c(C(=O)N=[N+]=[N-])[nH]c2ccccc12. The number of aromatic amines is 1. The number of nitrogens with zero attached hydrogens (tertiary/aromatic N) is 3. The second kappa shape index (κ2) is 5.77. The van der Waals surface area contributed by atoms with Gasteiger partial charge in [-0.3, -0.25) is 4.79 Å². The topological polar surface area (TPSA) is 120 Å². The molecule has 1 aromatic carbocycles. The van der Waals surface area contributed by atoms with Gasteiger partial charge in [0.15, 0.2) is 0 Å². The molecule has 0 radical (unpaired) electrons. The van der Waals surface area contributed by atoms with E-state index in [1.165, 1.54) is 7.11 Å². The van der Waals surface area contributed by atoms with Gasteiger partial charge >= 0.3 is 6.09 Å². The molecule has 2 amide bonds. The van der Waals surface area contributed by atoms with Crippen LogP contribution in [0.2, 0.25) is 0 Å². The van der Waals surface area contributed by atoms with Crippen molar-refractivity contribution >= 4 is 22.9 Å². The lowest BCUT2D eigenvalue weighted by molar-refractivity contribution is 0.0995. The molecule has 0 fully saturated rings. The Morgan fingerprint density at radius 1 is 1.45 bits per heavy atom. The molecule has 2 aromatic rings. The number of para-hydroxylation sites is 1. The number of hydrogen-bond donors (Lipinski definition) is 2. The van der Waals surface area contributed by atoms with Gasteiger partial charge in [0.2, 0.25) is 0 Å². The molecule has 0 aliphatic carbocycles.